The van der Waals surface area contributed by atoms with E-state index in [1.54, 1.807) is 13.0 Å². The third-order valence-electron chi connectivity index (χ3n) is 3.94. The zero-order valence-electron chi connectivity index (χ0n) is 14.6. The topological polar surface area (TPSA) is 103 Å². The number of hydrogen-bond donors (Lipinski definition) is 1. The first kappa shape index (κ1) is 18.5. The second-order valence-electron chi connectivity index (χ2n) is 5.97. The molecule has 4 aromatic rings. The van der Waals surface area contributed by atoms with Gasteiger partial charge in [-0.25, -0.2) is 4.98 Å². The van der Waals surface area contributed by atoms with Crippen molar-refractivity contribution in [2.75, 3.05) is 5.32 Å². The van der Waals surface area contributed by atoms with Crippen molar-refractivity contribution < 1.29 is 9.72 Å². The smallest absolute Gasteiger partial charge is 0.306 e. The number of fused-ring (bicyclic) bond motifs is 1. The molecule has 0 saturated carbocycles. The summed E-state index contributed by atoms with van der Waals surface area (Å²) < 4.78 is 2.38. The number of carbonyl (C=O) groups excluding carboxylic acids is 1. The molecule has 0 unspecified atom stereocenters. The molecule has 0 spiro atoms. The first-order chi connectivity index (χ1) is 13.3. The third kappa shape index (κ3) is 3.26. The van der Waals surface area contributed by atoms with Crippen LogP contribution in [0.3, 0.4) is 0 Å². The molecular weight excluding hydrogens is 422 g/mol. The molecule has 3 heterocycles. The Bertz CT molecular complexity index is 1200. The van der Waals surface area contributed by atoms with E-state index in [2.05, 4.69) is 15.4 Å². The zero-order chi connectivity index (χ0) is 20.0. The van der Waals surface area contributed by atoms with Crippen molar-refractivity contribution >= 4 is 61.2 Å². The number of thiazole rings is 1. The van der Waals surface area contributed by atoms with E-state index < -0.39 is 10.8 Å². The number of thiophene rings is 1. The highest BCUT2D eigenvalue weighted by molar-refractivity contribution is 7.21. The molecule has 0 aliphatic heterocycles. The molecule has 28 heavy (non-hydrogen) atoms. The maximum absolute atomic E-state index is 12.5. The molecule has 0 atom stereocenters. The summed E-state index contributed by atoms with van der Waals surface area (Å²) in [5.74, 6) is -0.0269. The SMILES string of the molecule is Cc1cc(NC(=O)c2ccc([N+](=O)[O-])s2)n(-c2nc3c(C)ccc(Cl)c3s2)n1. The van der Waals surface area contributed by atoms with Crippen molar-refractivity contribution in [1.29, 1.82) is 0 Å². The fourth-order valence-corrected chi connectivity index (χ4v) is 4.64. The zero-order valence-corrected chi connectivity index (χ0v) is 17.0. The van der Waals surface area contributed by atoms with Gasteiger partial charge in [-0.15, -0.1) is 0 Å². The number of rotatable bonds is 4. The van der Waals surface area contributed by atoms with Crippen LogP contribution in [0.2, 0.25) is 5.02 Å². The summed E-state index contributed by atoms with van der Waals surface area (Å²) in [6.07, 6.45) is 0. The molecule has 0 radical (unpaired) electrons. The van der Waals surface area contributed by atoms with Gasteiger partial charge in [0.15, 0.2) is 0 Å². The number of anilines is 1. The average Bonchev–Trinajstić information content (AvgIpc) is 3.36. The summed E-state index contributed by atoms with van der Waals surface area (Å²) in [6, 6.07) is 8.16. The van der Waals surface area contributed by atoms with E-state index in [1.165, 1.54) is 28.2 Å². The fourth-order valence-electron chi connectivity index (χ4n) is 2.64. The maximum Gasteiger partial charge on any atom is 0.324 e. The van der Waals surface area contributed by atoms with E-state index in [4.69, 9.17) is 11.6 Å². The standard InChI is InChI=1S/C17H12ClN5O3S2/c1-8-3-4-10(18)15-14(8)20-17(28-15)22-12(7-9(2)21-22)19-16(24)11-5-6-13(27-11)23(25)26/h3-7H,1-2H3,(H,19,24). The monoisotopic (exact) mass is 433 g/mol. The summed E-state index contributed by atoms with van der Waals surface area (Å²) in [4.78, 5) is 27.7. The largest absolute Gasteiger partial charge is 0.324 e. The minimum Gasteiger partial charge on any atom is -0.306 e. The van der Waals surface area contributed by atoms with E-state index in [0.29, 0.717) is 21.7 Å². The number of halogens is 1. The van der Waals surface area contributed by atoms with Gasteiger partial charge in [0.25, 0.3) is 5.91 Å². The number of nitrogens with one attached hydrogen (secondary N) is 1. The molecule has 0 fully saturated rings. The summed E-state index contributed by atoms with van der Waals surface area (Å²) in [7, 11) is 0. The van der Waals surface area contributed by atoms with Gasteiger partial charge in [0, 0.05) is 12.1 Å². The highest BCUT2D eigenvalue weighted by Crippen LogP contribution is 2.34. The van der Waals surface area contributed by atoms with Gasteiger partial charge >= 0.3 is 5.00 Å². The van der Waals surface area contributed by atoms with Crippen LogP contribution in [0.15, 0.2) is 30.3 Å². The van der Waals surface area contributed by atoms with Crippen molar-refractivity contribution in [2.45, 2.75) is 13.8 Å². The number of benzene rings is 1. The lowest BCUT2D eigenvalue weighted by molar-refractivity contribution is -0.380. The second-order valence-corrected chi connectivity index (χ2v) is 8.42. The summed E-state index contributed by atoms with van der Waals surface area (Å²) >= 11 is 8.47. The molecule has 1 aromatic carbocycles. The second kappa shape index (κ2) is 6.97. The molecule has 1 amide bonds. The normalized spacial score (nSPS) is 11.1. The average molecular weight is 434 g/mol. The van der Waals surface area contributed by atoms with Crippen LogP contribution in [-0.4, -0.2) is 25.6 Å². The highest BCUT2D eigenvalue weighted by Gasteiger charge is 2.19. The van der Waals surface area contributed by atoms with Crippen LogP contribution in [0.4, 0.5) is 10.8 Å². The van der Waals surface area contributed by atoms with E-state index in [9.17, 15) is 14.9 Å². The number of aromatic nitrogens is 3. The minimum atomic E-state index is -0.525. The van der Waals surface area contributed by atoms with Gasteiger partial charge in [0.2, 0.25) is 5.13 Å². The Morgan fingerprint density at radius 1 is 1.25 bits per heavy atom. The summed E-state index contributed by atoms with van der Waals surface area (Å²) in [5.41, 5.74) is 2.46. The molecule has 3 aromatic heterocycles. The lowest BCUT2D eigenvalue weighted by Gasteiger charge is -2.04. The van der Waals surface area contributed by atoms with E-state index >= 15 is 0 Å². The number of carbonyl (C=O) groups is 1. The third-order valence-corrected chi connectivity index (χ3v) is 6.46. The van der Waals surface area contributed by atoms with Crippen molar-refractivity contribution in [3.05, 3.63) is 61.6 Å². The number of aryl methyl sites for hydroxylation is 2. The van der Waals surface area contributed by atoms with E-state index in [1.807, 2.05) is 19.1 Å². The Balaban J connectivity index is 1.71. The van der Waals surface area contributed by atoms with Crippen LogP contribution in [0, 0.1) is 24.0 Å². The quantitative estimate of drug-likeness (QED) is 0.361. The van der Waals surface area contributed by atoms with Crippen molar-refractivity contribution in [1.82, 2.24) is 14.8 Å². The molecule has 4 rings (SSSR count). The van der Waals surface area contributed by atoms with Gasteiger partial charge < -0.3 is 5.32 Å². The van der Waals surface area contributed by atoms with Crippen LogP contribution in [0.25, 0.3) is 15.3 Å². The maximum atomic E-state index is 12.5. The van der Waals surface area contributed by atoms with Crippen LogP contribution in [0.5, 0.6) is 0 Å². The Labute approximate surface area is 171 Å². The van der Waals surface area contributed by atoms with Gasteiger partial charge in [-0.1, -0.05) is 40.3 Å². The van der Waals surface area contributed by atoms with E-state index in [-0.39, 0.29) is 9.88 Å². The molecule has 1 N–H and O–H groups in total. The van der Waals surface area contributed by atoms with Gasteiger partial charge in [-0.05, 0) is 31.5 Å². The van der Waals surface area contributed by atoms with Crippen molar-refractivity contribution in [3.63, 3.8) is 0 Å². The predicted octanol–water partition coefficient (Wildman–Crippen LogP) is 4.97. The first-order valence-electron chi connectivity index (χ1n) is 8.02. The fraction of sp³-hybridized carbons (Fsp3) is 0.118. The number of nitro groups is 1. The summed E-state index contributed by atoms with van der Waals surface area (Å²) in [6.45, 7) is 3.75. The van der Waals surface area contributed by atoms with Crippen LogP contribution < -0.4 is 5.32 Å². The van der Waals surface area contributed by atoms with Crippen molar-refractivity contribution in [3.8, 4) is 5.13 Å². The molecule has 0 aliphatic rings. The lowest BCUT2D eigenvalue weighted by Crippen LogP contribution is -2.13. The summed E-state index contributed by atoms with van der Waals surface area (Å²) in [5, 5.41) is 19.1. The first-order valence-corrected chi connectivity index (χ1v) is 10.0. The molecular formula is C17H12ClN5O3S2. The molecule has 0 aliphatic carbocycles. The van der Waals surface area contributed by atoms with Crippen LogP contribution >= 0.6 is 34.3 Å². The van der Waals surface area contributed by atoms with Crippen LogP contribution in [-0.2, 0) is 0 Å². The molecule has 0 bridgehead atoms. The van der Waals surface area contributed by atoms with Gasteiger partial charge in [-0.2, -0.15) is 9.78 Å². The Morgan fingerprint density at radius 2 is 2.04 bits per heavy atom. The van der Waals surface area contributed by atoms with Gasteiger partial charge in [0.1, 0.15) is 5.82 Å². The Kier molecular flexibility index (Phi) is 4.61. The van der Waals surface area contributed by atoms with Gasteiger partial charge in [-0.3, -0.25) is 14.9 Å². The number of hydrogen-bond acceptors (Lipinski definition) is 7. The predicted molar refractivity (Wildman–Crippen MR) is 110 cm³/mol. The minimum absolute atomic E-state index is 0.0915. The molecule has 8 nitrogen and oxygen atoms in total. The Morgan fingerprint density at radius 3 is 2.71 bits per heavy atom. The van der Waals surface area contributed by atoms with Crippen molar-refractivity contribution in [2.24, 2.45) is 0 Å². The Hall–Kier alpha value is -2.82. The van der Waals surface area contributed by atoms with Crippen LogP contribution in [0.1, 0.15) is 20.9 Å². The van der Waals surface area contributed by atoms with E-state index in [0.717, 1.165) is 27.1 Å². The lowest BCUT2D eigenvalue weighted by atomic mass is 10.2. The van der Waals surface area contributed by atoms with Gasteiger partial charge in [0.05, 0.1) is 30.7 Å². The highest BCUT2D eigenvalue weighted by atomic mass is 35.5. The molecule has 0 saturated heterocycles. The molecule has 142 valence electrons. The number of nitrogens with zero attached hydrogens (tertiary/aromatic N) is 4. The number of amides is 1. The molecule has 11 heteroatoms.